The van der Waals surface area contributed by atoms with Gasteiger partial charge in [0.2, 0.25) is 0 Å². The van der Waals surface area contributed by atoms with Crippen molar-refractivity contribution in [2.24, 2.45) is 5.92 Å². The zero-order valence-electron chi connectivity index (χ0n) is 17.5. The highest BCUT2D eigenvalue weighted by Crippen LogP contribution is 2.28. The third-order valence-electron chi connectivity index (χ3n) is 5.02. The number of aromatic carboxylic acids is 1. The summed E-state index contributed by atoms with van der Waals surface area (Å²) in [5.41, 5.74) is 2.34. The number of rotatable bonds is 8. The zero-order chi connectivity index (χ0) is 21.6. The predicted octanol–water partition coefficient (Wildman–Crippen LogP) is 4.68. The third-order valence-corrected chi connectivity index (χ3v) is 5.02. The van der Waals surface area contributed by atoms with Gasteiger partial charge in [0.15, 0.2) is 0 Å². The van der Waals surface area contributed by atoms with Crippen molar-refractivity contribution in [1.82, 2.24) is 0 Å². The van der Waals surface area contributed by atoms with Gasteiger partial charge in [0.25, 0.3) is 0 Å². The fraction of sp³-hybridized carbons (Fsp3) is 0.417. The number of aliphatic hydroxyl groups is 1. The molecular weight excluding hydrogens is 368 g/mol. The molecule has 0 radical (unpaired) electrons. The largest absolute Gasteiger partial charge is 0.478 e. The number of carbonyl (C=O) groups is 2. The summed E-state index contributed by atoms with van der Waals surface area (Å²) in [6.07, 6.45) is 1.53. The Morgan fingerprint density at radius 2 is 1.52 bits per heavy atom. The molecule has 2 atom stereocenters. The quantitative estimate of drug-likeness (QED) is 0.631. The summed E-state index contributed by atoms with van der Waals surface area (Å²) in [5.74, 6) is -1.11. The summed E-state index contributed by atoms with van der Waals surface area (Å²) >= 11 is 0. The van der Waals surface area contributed by atoms with Crippen LogP contribution in [0.1, 0.15) is 71.9 Å². The van der Waals surface area contributed by atoms with E-state index in [1.807, 2.05) is 45.0 Å². The van der Waals surface area contributed by atoms with Crippen LogP contribution >= 0.6 is 0 Å². The van der Waals surface area contributed by atoms with E-state index in [-0.39, 0.29) is 30.0 Å². The second-order valence-corrected chi connectivity index (χ2v) is 8.40. The second kappa shape index (κ2) is 9.70. The highest BCUT2D eigenvalue weighted by Gasteiger charge is 2.21. The molecule has 0 aromatic heterocycles. The minimum atomic E-state index is -0.937. The lowest BCUT2D eigenvalue weighted by Crippen LogP contribution is -2.23. The molecule has 5 nitrogen and oxygen atoms in total. The molecule has 0 saturated heterocycles. The average molecular weight is 398 g/mol. The van der Waals surface area contributed by atoms with Gasteiger partial charge in [-0.3, -0.25) is 0 Å². The maximum absolute atomic E-state index is 12.2. The molecule has 0 amide bonds. The van der Waals surface area contributed by atoms with E-state index in [1.54, 1.807) is 24.3 Å². The molecule has 2 N–H and O–H groups in total. The maximum atomic E-state index is 12.2. The van der Waals surface area contributed by atoms with Crippen LogP contribution in [0.2, 0.25) is 0 Å². The van der Waals surface area contributed by atoms with Gasteiger partial charge in [-0.15, -0.1) is 0 Å². The van der Waals surface area contributed by atoms with Crippen LogP contribution in [0.3, 0.4) is 0 Å². The Labute approximate surface area is 172 Å². The molecule has 0 aliphatic heterocycles. The van der Waals surface area contributed by atoms with Gasteiger partial charge in [0, 0.05) is 6.61 Å². The molecular formula is C24H30O5. The molecule has 0 fully saturated rings. The number of aryl methyl sites for hydroxylation is 1. The number of benzene rings is 2. The smallest absolute Gasteiger partial charge is 0.338 e. The first-order valence-corrected chi connectivity index (χ1v) is 9.87. The average Bonchev–Trinajstić information content (AvgIpc) is 2.67. The lowest BCUT2D eigenvalue weighted by Gasteiger charge is -2.23. The molecule has 2 aromatic rings. The highest BCUT2D eigenvalue weighted by atomic mass is 16.6. The van der Waals surface area contributed by atoms with Gasteiger partial charge in [-0.25, -0.2) is 9.59 Å². The Bertz CT molecular complexity index is 816. The topological polar surface area (TPSA) is 83.8 Å². The molecule has 5 heteroatoms. The van der Waals surface area contributed by atoms with Crippen molar-refractivity contribution in [1.29, 1.82) is 0 Å². The van der Waals surface area contributed by atoms with E-state index in [0.717, 1.165) is 24.0 Å². The molecule has 0 bridgehead atoms. The minimum absolute atomic E-state index is 0.0570. The van der Waals surface area contributed by atoms with E-state index in [4.69, 9.17) is 9.84 Å². The van der Waals surface area contributed by atoms with Crippen molar-refractivity contribution in [3.63, 3.8) is 0 Å². The normalized spacial score (nSPS) is 13.6. The number of ether oxygens (including phenoxy) is 1. The van der Waals surface area contributed by atoms with Gasteiger partial charge in [0.1, 0.15) is 5.60 Å². The summed E-state index contributed by atoms with van der Waals surface area (Å²) in [7, 11) is 0. The monoisotopic (exact) mass is 398 g/mol. The number of hydrogen-bond acceptors (Lipinski definition) is 4. The van der Waals surface area contributed by atoms with E-state index in [0.29, 0.717) is 5.56 Å². The molecule has 0 heterocycles. The van der Waals surface area contributed by atoms with E-state index in [2.05, 4.69) is 6.92 Å². The Morgan fingerprint density at radius 1 is 0.966 bits per heavy atom. The van der Waals surface area contributed by atoms with Crippen LogP contribution in [-0.2, 0) is 11.2 Å². The van der Waals surface area contributed by atoms with Crippen LogP contribution < -0.4 is 0 Å². The van der Waals surface area contributed by atoms with Gasteiger partial charge in [0.05, 0.1) is 11.1 Å². The number of carboxylic acid groups (broad SMARTS) is 1. The summed E-state index contributed by atoms with van der Waals surface area (Å²) in [5, 5.41) is 18.8. The first kappa shape index (κ1) is 22.6. The van der Waals surface area contributed by atoms with Crippen molar-refractivity contribution in [3.8, 4) is 0 Å². The predicted molar refractivity (Wildman–Crippen MR) is 112 cm³/mol. The summed E-state index contributed by atoms with van der Waals surface area (Å²) in [4.78, 5) is 23.1. The first-order chi connectivity index (χ1) is 13.6. The first-order valence-electron chi connectivity index (χ1n) is 9.87. The minimum Gasteiger partial charge on any atom is -0.478 e. The lowest BCUT2D eigenvalue weighted by molar-refractivity contribution is 0.00692. The second-order valence-electron chi connectivity index (χ2n) is 8.40. The summed E-state index contributed by atoms with van der Waals surface area (Å²) in [6.45, 7) is 7.63. The van der Waals surface area contributed by atoms with Gasteiger partial charge in [-0.1, -0.05) is 31.2 Å². The third kappa shape index (κ3) is 6.71. The number of carbonyl (C=O) groups excluding carboxylic acids is 1. The Morgan fingerprint density at radius 3 is 2.00 bits per heavy atom. The number of aliphatic hydroxyl groups excluding tert-OH is 1. The van der Waals surface area contributed by atoms with E-state index in [1.165, 1.54) is 0 Å². The van der Waals surface area contributed by atoms with Crippen molar-refractivity contribution in [3.05, 3.63) is 70.8 Å². The van der Waals surface area contributed by atoms with Gasteiger partial charge in [-0.2, -0.15) is 0 Å². The van der Waals surface area contributed by atoms with Crippen LogP contribution in [0.15, 0.2) is 48.5 Å². The Hall–Kier alpha value is -2.66. The Kier molecular flexibility index (Phi) is 7.57. The maximum Gasteiger partial charge on any atom is 0.338 e. The van der Waals surface area contributed by atoms with Crippen LogP contribution in [0.4, 0.5) is 0 Å². The SMILES string of the molecule is CC(c1ccc(C(=O)OC(C)(C)C)cc1)C(CO)CCc1ccc(C(=O)O)cc1. The highest BCUT2D eigenvalue weighted by molar-refractivity contribution is 5.89. The molecule has 29 heavy (non-hydrogen) atoms. The molecule has 0 spiro atoms. The molecule has 0 aliphatic carbocycles. The number of esters is 1. The standard InChI is InChI=1S/C24H30O5/c1-16(18-11-13-20(14-12-18)23(28)29-24(2,3)4)21(15-25)10-7-17-5-8-19(9-6-17)22(26)27/h5-6,8-9,11-14,16,21,25H,7,10,15H2,1-4H3,(H,26,27). The summed E-state index contributed by atoms with van der Waals surface area (Å²) in [6, 6.07) is 14.2. The van der Waals surface area contributed by atoms with Crippen molar-refractivity contribution in [2.75, 3.05) is 6.61 Å². The van der Waals surface area contributed by atoms with E-state index < -0.39 is 11.6 Å². The fourth-order valence-corrected chi connectivity index (χ4v) is 3.20. The van der Waals surface area contributed by atoms with Crippen molar-refractivity contribution >= 4 is 11.9 Å². The van der Waals surface area contributed by atoms with Crippen molar-refractivity contribution in [2.45, 2.75) is 52.1 Å². The lowest BCUT2D eigenvalue weighted by atomic mass is 9.84. The fourth-order valence-electron chi connectivity index (χ4n) is 3.20. The van der Waals surface area contributed by atoms with Crippen LogP contribution in [0.25, 0.3) is 0 Å². The van der Waals surface area contributed by atoms with Gasteiger partial charge in [-0.05, 0) is 80.8 Å². The molecule has 2 rings (SSSR count). The Balaban J connectivity index is 2.00. The van der Waals surface area contributed by atoms with Crippen LogP contribution in [0.5, 0.6) is 0 Å². The number of hydrogen-bond donors (Lipinski definition) is 2. The zero-order valence-corrected chi connectivity index (χ0v) is 17.5. The van der Waals surface area contributed by atoms with Gasteiger partial charge < -0.3 is 14.9 Å². The molecule has 2 aromatic carbocycles. The summed E-state index contributed by atoms with van der Waals surface area (Å²) < 4.78 is 5.39. The molecule has 0 saturated carbocycles. The van der Waals surface area contributed by atoms with Gasteiger partial charge >= 0.3 is 11.9 Å². The molecule has 156 valence electrons. The molecule has 0 aliphatic rings. The van der Waals surface area contributed by atoms with Crippen LogP contribution in [-0.4, -0.2) is 34.4 Å². The molecule has 2 unspecified atom stereocenters. The van der Waals surface area contributed by atoms with E-state index >= 15 is 0 Å². The van der Waals surface area contributed by atoms with Crippen LogP contribution in [0, 0.1) is 5.92 Å². The van der Waals surface area contributed by atoms with Crippen molar-refractivity contribution < 1.29 is 24.5 Å². The number of carboxylic acids is 1. The van der Waals surface area contributed by atoms with E-state index in [9.17, 15) is 14.7 Å².